The summed E-state index contributed by atoms with van der Waals surface area (Å²) in [5.41, 5.74) is 7.28. The van der Waals surface area contributed by atoms with Gasteiger partial charge in [0.25, 0.3) is 0 Å². The third-order valence-corrected chi connectivity index (χ3v) is 5.00. The molecule has 2 rings (SSSR count). The van der Waals surface area contributed by atoms with E-state index in [4.69, 9.17) is 11.1 Å². The van der Waals surface area contributed by atoms with Gasteiger partial charge in [0.05, 0.1) is 12.2 Å². The number of anilines is 1. The van der Waals surface area contributed by atoms with Crippen LogP contribution in [0.15, 0.2) is 38.6 Å². The van der Waals surface area contributed by atoms with Crippen LogP contribution in [0, 0.1) is 5.41 Å². The lowest BCUT2D eigenvalue weighted by atomic mass is 10.2. The summed E-state index contributed by atoms with van der Waals surface area (Å²) in [5.74, 6) is 0.0806. The highest BCUT2D eigenvalue weighted by molar-refractivity contribution is 9.10. The number of nitrogens with zero attached hydrogens (tertiary/aromatic N) is 1. The van der Waals surface area contributed by atoms with Gasteiger partial charge in [-0.05, 0) is 56.1 Å². The summed E-state index contributed by atoms with van der Waals surface area (Å²) < 4.78 is 2.06. The molecule has 0 saturated heterocycles. The number of benzene rings is 1. The highest BCUT2D eigenvalue weighted by Crippen LogP contribution is 2.29. The smallest absolute Gasteiger partial charge is 0.122 e. The average molecular weight is 403 g/mol. The molecule has 6 heteroatoms. The molecule has 1 aromatic carbocycles. The molecule has 0 spiro atoms. The van der Waals surface area contributed by atoms with Crippen molar-refractivity contribution in [2.75, 3.05) is 11.9 Å². The number of hydrogen-bond acceptors (Lipinski definition) is 3. The molecule has 0 aliphatic heterocycles. The molecule has 2 aromatic rings. The van der Waals surface area contributed by atoms with Crippen molar-refractivity contribution < 1.29 is 0 Å². The van der Waals surface area contributed by atoms with Gasteiger partial charge in [0, 0.05) is 31.8 Å². The number of rotatable bonds is 4. The van der Waals surface area contributed by atoms with Gasteiger partial charge in [-0.3, -0.25) is 5.41 Å². The Balaban J connectivity index is 2.19. The molecule has 0 saturated carbocycles. The van der Waals surface area contributed by atoms with E-state index in [2.05, 4.69) is 48.2 Å². The molecule has 1 heterocycles. The molecule has 3 N–H and O–H groups in total. The van der Waals surface area contributed by atoms with Crippen molar-refractivity contribution in [1.29, 1.82) is 5.41 Å². The first-order valence-electron chi connectivity index (χ1n) is 5.55. The van der Waals surface area contributed by atoms with Crippen molar-refractivity contribution in [3.05, 3.63) is 49.0 Å². The largest absolute Gasteiger partial charge is 0.384 e. The predicted molar refractivity (Wildman–Crippen MR) is 89.3 cm³/mol. The van der Waals surface area contributed by atoms with Crippen molar-refractivity contribution in [1.82, 2.24) is 0 Å². The molecule has 1 aromatic heterocycles. The van der Waals surface area contributed by atoms with Crippen molar-refractivity contribution >= 4 is 54.7 Å². The molecular weight excluding hydrogens is 390 g/mol. The molecular formula is C13H13Br2N3S. The third kappa shape index (κ3) is 3.58. The van der Waals surface area contributed by atoms with Gasteiger partial charge >= 0.3 is 0 Å². The molecule has 100 valence electrons. The molecule has 19 heavy (non-hydrogen) atoms. The standard InChI is InChI=1S/C13H13Br2N3S/c1-18(6-10-5-9(14)7-19-10)12-3-2-8(13(16)17)4-11(12)15/h2-5,7H,6H2,1H3,(H3,16,17). The maximum atomic E-state index is 7.43. The summed E-state index contributed by atoms with van der Waals surface area (Å²) in [4.78, 5) is 3.45. The maximum absolute atomic E-state index is 7.43. The van der Waals surface area contributed by atoms with E-state index in [1.165, 1.54) is 4.88 Å². The third-order valence-electron chi connectivity index (χ3n) is 2.68. The van der Waals surface area contributed by atoms with Crippen LogP contribution in [0.25, 0.3) is 0 Å². The number of halogens is 2. The molecule has 0 amide bonds. The normalized spacial score (nSPS) is 10.5. The van der Waals surface area contributed by atoms with Crippen molar-refractivity contribution in [3.8, 4) is 0 Å². The van der Waals surface area contributed by atoms with Crippen LogP contribution in [0.2, 0.25) is 0 Å². The quantitative estimate of drug-likeness (QED) is 0.594. The van der Waals surface area contributed by atoms with E-state index in [1.54, 1.807) is 11.3 Å². The van der Waals surface area contributed by atoms with E-state index >= 15 is 0 Å². The summed E-state index contributed by atoms with van der Waals surface area (Å²) >= 11 is 8.73. The van der Waals surface area contributed by atoms with Crippen LogP contribution in [0.1, 0.15) is 10.4 Å². The fraction of sp³-hybridized carbons (Fsp3) is 0.154. The Bertz CT molecular complexity index is 610. The summed E-state index contributed by atoms with van der Waals surface area (Å²) in [7, 11) is 2.04. The fourth-order valence-electron chi connectivity index (χ4n) is 1.74. The van der Waals surface area contributed by atoms with E-state index in [-0.39, 0.29) is 5.84 Å². The number of nitrogens with two attached hydrogens (primary N) is 1. The first-order valence-corrected chi connectivity index (χ1v) is 8.02. The van der Waals surface area contributed by atoms with Gasteiger partial charge in [0.15, 0.2) is 0 Å². The van der Waals surface area contributed by atoms with Gasteiger partial charge in [0.1, 0.15) is 5.84 Å². The molecule has 0 unspecified atom stereocenters. The Labute approximate surface area is 133 Å². The molecule has 0 radical (unpaired) electrons. The van der Waals surface area contributed by atoms with Crippen molar-refractivity contribution in [2.45, 2.75) is 6.54 Å². The maximum Gasteiger partial charge on any atom is 0.122 e. The van der Waals surface area contributed by atoms with Gasteiger partial charge in [-0.1, -0.05) is 0 Å². The van der Waals surface area contributed by atoms with Crippen molar-refractivity contribution in [2.24, 2.45) is 5.73 Å². The lowest BCUT2D eigenvalue weighted by molar-refractivity contribution is 0.936. The Morgan fingerprint density at radius 1 is 1.37 bits per heavy atom. The molecule has 3 nitrogen and oxygen atoms in total. The predicted octanol–water partition coefficient (Wildman–Crippen LogP) is 4.19. The van der Waals surface area contributed by atoms with Gasteiger partial charge in [0.2, 0.25) is 0 Å². The lowest BCUT2D eigenvalue weighted by Crippen LogP contribution is -2.17. The minimum Gasteiger partial charge on any atom is -0.384 e. The van der Waals surface area contributed by atoms with Crippen LogP contribution >= 0.6 is 43.2 Å². The molecule has 0 bridgehead atoms. The highest BCUT2D eigenvalue weighted by atomic mass is 79.9. The minimum atomic E-state index is 0.0806. The van der Waals surface area contributed by atoms with Crippen LogP contribution < -0.4 is 10.6 Å². The fourth-order valence-corrected chi connectivity index (χ4v) is 3.92. The zero-order valence-electron chi connectivity index (χ0n) is 10.3. The lowest BCUT2D eigenvalue weighted by Gasteiger charge is -2.20. The number of nitrogen functional groups attached to an aromatic ring is 1. The second-order valence-electron chi connectivity index (χ2n) is 4.17. The average Bonchev–Trinajstić information content (AvgIpc) is 2.74. The zero-order chi connectivity index (χ0) is 14.0. The second-order valence-corrected chi connectivity index (χ2v) is 6.93. The van der Waals surface area contributed by atoms with E-state index in [0.29, 0.717) is 0 Å². The molecule has 0 aliphatic carbocycles. The number of amidine groups is 1. The second kappa shape index (κ2) is 6.07. The summed E-state index contributed by atoms with van der Waals surface area (Å²) in [5, 5.41) is 9.51. The van der Waals surface area contributed by atoms with Gasteiger partial charge in [-0.2, -0.15) is 0 Å². The van der Waals surface area contributed by atoms with Crippen LogP contribution in [-0.2, 0) is 6.54 Å². The monoisotopic (exact) mass is 401 g/mol. The van der Waals surface area contributed by atoms with Crippen molar-refractivity contribution in [3.63, 3.8) is 0 Å². The molecule has 0 atom stereocenters. The van der Waals surface area contributed by atoms with E-state index < -0.39 is 0 Å². The highest BCUT2D eigenvalue weighted by Gasteiger charge is 2.09. The Hall–Kier alpha value is -0.850. The minimum absolute atomic E-state index is 0.0806. The number of nitrogens with one attached hydrogen (secondary N) is 1. The van der Waals surface area contributed by atoms with E-state index in [9.17, 15) is 0 Å². The van der Waals surface area contributed by atoms with Crippen LogP contribution in [0.5, 0.6) is 0 Å². The Kier molecular flexibility index (Phi) is 4.65. The van der Waals surface area contributed by atoms with E-state index in [0.717, 1.165) is 26.7 Å². The number of hydrogen-bond donors (Lipinski definition) is 2. The SMILES string of the molecule is CN(Cc1cc(Br)cs1)c1ccc(C(=N)N)cc1Br. The number of thiophene rings is 1. The van der Waals surface area contributed by atoms with Crippen LogP contribution in [0.3, 0.4) is 0 Å². The van der Waals surface area contributed by atoms with Gasteiger partial charge in [-0.15, -0.1) is 11.3 Å². The summed E-state index contributed by atoms with van der Waals surface area (Å²) in [6, 6.07) is 7.84. The Morgan fingerprint density at radius 2 is 2.11 bits per heavy atom. The van der Waals surface area contributed by atoms with Crippen LogP contribution in [-0.4, -0.2) is 12.9 Å². The van der Waals surface area contributed by atoms with Crippen LogP contribution in [0.4, 0.5) is 5.69 Å². The molecule has 0 fully saturated rings. The van der Waals surface area contributed by atoms with Gasteiger partial charge < -0.3 is 10.6 Å². The first kappa shape index (κ1) is 14.6. The summed E-state index contributed by atoms with van der Waals surface area (Å²) in [6.07, 6.45) is 0. The first-order chi connectivity index (χ1) is 8.97. The molecule has 0 aliphatic rings. The van der Waals surface area contributed by atoms with Gasteiger partial charge in [-0.25, -0.2) is 0 Å². The zero-order valence-corrected chi connectivity index (χ0v) is 14.3. The topological polar surface area (TPSA) is 53.1 Å². The van der Waals surface area contributed by atoms with E-state index in [1.807, 2.05) is 25.2 Å². The summed E-state index contributed by atoms with van der Waals surface area (Å²) in [6.45, 7) is 0.842. The Morgan fingerprint density at radius 3 is 2.63 bits per heavy atom.